The quantitative estimate of drug-likeness (QED) is 0.815. The Labute approximate surface area is 149 Å². The molecule has 1 aliphatic carbocycles. The zero-order valence-corrected chi connectivity index (χ0v) is 14.6. The third-order valence-electron chi connectivity index (χ3n) is 4.49. The number of hydrogen-bond acceptors (Lipinski definition) is 3. The van der Waals surface area contributed by atoms with Gasteiger partial charge in [-0.1, -0.05) is 42.8 Å². The van der Waals surface area contributed by atoms with Crippen LogP contribution in [0.1, 0.15) is 25.7 Å². The summed E-state index contributed by atoms with van der Waals surface area (Å²) in [7, 11) is 0. The highest BCUT2D eigenvalue weighted by molar-refractivity contribution is 5.88. The van der Waals surface area contributed by atoms with E-state index in [1.807, 2.05) is 30.3 Å². The van der Waals surface area contributed by atoms with Crippen LogP contribution in [0.4, 0.5) is 0 Å². The molecule has 130 valence electrons. The van der Waals surface area contributed by atoms with E-state index in [9.17, 15) is 4.79 Å². The Hall–Kier alpha value is -1.78. The van der Waals surface area contributed by atoms with Gasteiger partial charge in [-0.05, 0) is 30.7 Å². The van der Waals surface area contributed by atoms with Crippen LogP contribution in [0.5, 0.6) is 5.75 Å². The molecule has 0 aliphatic heterocycles. The summed E-state index contributed by atoms with van der Waals surface area (Å²) in [5.74, 6) is 1.04. The van der Waals surface area contributed by atoms with Crippen molar-refractivity contribution >= 4 is 29.1 Å². The molecular weight excluding hydrogens is 324 g/mol. The van der Waals surface area contributed by atoms with Gasteiger partial charge in [-0.15, -0.1) is 12.4 Å². The van der Waals surface area contributed by atoms with Gasteiger partial charge >= 0.3 is 0 Å². The van der Waals surface area contributed by atoms with Crippen LogP contribution in [0, 0.1) is 5.92 Å². The first-order valence-corrected chi connectivity index (χ1v) is 8.38. The molecule has 0 bridgehead atoms. The summed E-state index contributed by atoms with van der Waals surface area (Å²) >= 11 is 0. The zero-order chi connectivity index (χ0) is 16.1. The van der Waals surface area contributed by atoms with Crippen LogP contribution in [0.15, 0.2) is 42.5 Å². The van der Waals surface area contributed by atoms with Gasteiger partial charge in [-0.3, -0.25) is 4.79 Å². The monoisotopic (exact) mass is 348 g/mol. The second-order valence-corrected chi connectivity index (χ2v) is 6.24. The van der Waals surface area contributed by atoms with Crippen LogP contribution in [0.2, 0.25) is 0 Å². The van der Waals surface area contributed by atoms with Gasteiger partial charge in [-0.25, -0.2) is 0 Å². The molecule has 1 amide bonds. The summed E-state index contributed by atoms with van der Waals surface area (Å²) in [6.07, 6.45) is 3.83. The molecule has 2 aromatic carbocycles. The number of carbonyl (C=O) groups excluding carboxylic acids is 1. The van der Waals surface area contributed by atoms with Crippen molar-refractivity contribution in [1.29, 1.82) is 0 Å². The third kappa shape index (κ3) is 4.62. The first-order chi connectivity index (χ1) is 11.2. The van der Waals surface area contributed by atoms with Gasteiger partial charge in [0.25, 0.3) is 0 Å². The topological polar surface area (TPSA) is 64.4 Å². The van der Waals surface area contributed by atoms with Crippen LogP contribution >= 0.6 is 12.4 Å². The third-order valence-corrected chi connectivity index (χ3v) is 4.49. The summed E-state index contributed by atoms with van der Waals surface area (Å²) in [4.78, 5) is 12.1. The molecule has 3 rings (SSSR count). The lowest BCUT2D eigenvalue weighted by molar-refractivity contribution is -0.126. The van der Waals surface area contributed by atoms with Crippen LogP contribution in [0.25, 0.3) is 10.8 Å². The Morgan fingerprint density at radius 2 is 1.96 bits per heavy atom. The second kappa shape index (κ2) is 8.90. The van der Waals surface area contributed by atoms with Gasteiger partial charge in [0.15, 0.2) is 0 Å². The summed E-state index contributed by atoms with van der Waals surface area (Å²) in [5, 5.41) is 5.23. The van der Waals surface area contributed by atoms with Gasteiger partial charge in [0.2, 0.25) is 5.91 Å². The summed E-state index contributed by atoms with van der Waals surface area (Å²) in [5.41, 5.74) is 5.94. The van der Waals surface area contributed by atoms with Gasteiger partial charge < -0.3 is 15.8 Å². The van der Waals surface area contributed by atoms with E-state index in [1.165, 1.54) is 0 Å². The van der Waals surface area contributed by atoms with E-state index in [0.29, 0.717) is 13.2 Å². The number of fused-ring (bicyclic) bond motifs is 1. The maximum atomic E-state index is 12.1. The van der Waals surface area contributed by atoms with Crippen molar-refractivity contribution in [2.75, 3.05) is 13.2 Å². The average molecular weight is 349 g/mol. The molecule has 0 saturated heterocycles. The lowest BCUT2D eigenvalue weighted by atomic mass is 9.85. The summed E-state index contributed by atoms with van der Waals surface area (Å²) in [6, 6.07) is 14.3. The van der Waals surface area contributed by atoms with Gasteiger partial charge in [0, 0.05) is 17.3 Å². The van der Waals surface area contributed by atoms with E-state index in [1.54, 1.807) is 0 Å². The number of nitrogens with two attached hydrogens (primary N) is 1. The predicted molar refractivity (Wildman–Crippen MR) is 99.6 cm³/mol. The number of amides is 1. The minimum Gasteiger partial charge on any atom is -0.491 e. The number of carbonyl (C=O) groups is 1. The van der Waals surface area contributed by atoms with Crippen LogP contribution in [0.3, 0.4) is 0 Å². The molecule has 0 aromatic heterocycles. The van der Waals surface area contributed by atoms with Crippen molar-refractivity contribution in [2.45, 2.75) is 31.7 Å². The fourth-order valence-electron chi connectivity index (χ4n) is 3.27. The first kappa shape index (κ1) is 18.6. The molecular formula is C19H25ClN2O2. The average Bonchev–Trinajstić information content (AvgIpc) is 2.58. The number of nitrogens with one attached hydrogen (secondary N) is 1. The van der Waals surface area contributed by atoms with Crippen molar-refractivity contribution in [1.82, 2.24) is 5.32 Å². The molecule has 3 N–H and O–H groups in total. The fraction of sp³-hybridized carbons (Fsp3) is 0.421. The molecule has 2 unspecified atom stereocenters. The fourth-order valence-corrected chi connectivity index (χ4v) is 3.27. The maximum Gasteiger partial charge on any atom is 0.223 e. The first-order valence-electron chi connectivity index (χ1n) is 8.38. The number of ether oxygens (including phenoxy) is 1. The molecule has 4 nitrogen and oxygen atoms in total. The molecule has 1 aliphatic rings. The number of hydrogen-bond donors (Lipinski definition) is 2. The zero-order valence-electron chi connectivity index (χ0n) is 13.7. The van der Waals surface area contributed by atoms with E-state index in [0.717, 1.165) is 42.2 Å². The Kier molecular flexibility index (Phi) is 6.88. The summed E-state index contributed by atoms with van der Waals surface area (Å²) in [6.45, 7) is 0.992. The maximum absolute atomic E-state index is 12.1. The van der Waals surface area contributed by atoms with E-state index in [-0.39, 0.29) is 30.3 Å². The smallest absolute Gasteiger partial charge is 0.223 e. The van der Waals surface area contributed by atoms with Gasteiger partial charge in [0.05, 0.1) is 6.54 Å². The lowest BCUT2D eigenvalue weighted by Gasteiger charge is -2.25. The summed E-state index contributed by atoms with van der Waals surface area (Å²) < 4.78 is 5.84. The largest absolute Gasteiger partial charge is 0.491 e. The second-order valence-electron chi connectivity index (χ2n) is 6.24. The van der Waals surface area contributed by atoms with E-state index >= 15 is 0 Å². The van der Waals surface area contributed by atoms with Crippen molar-refractivity contribution in [2.24, 2.45) is 11.7 Å². The molecule has 0 heterocycles. The predicted octanol–water partition coefficient (Wildman–Crippen LogP) is 3.27. The highest BCUT2D eigenvalue weighted by Gasteiger charge is 2.24. The van der Waals surface area contributed by atoms with E-state index in [2.05, 4.69) is 17.4 Å². The van der Waals surface area contributed by atoms with Crippen LogP contribution in [-0.2, 0) is 4.79 Å². The normalized spacial score (nSPS) is 20.2. The standard InChI is InChI=1S/C19H24N2O2.ClH/c20-16-8-3-7-15(13-16)19(22)21-11-12-23-18-10-4-6-14-5-1-2-9-17(14)18;/h1-2,4-6,9-10,15-16H,3,7-8,11-13,20H2,(H,21,22);1H. The van der Waals surface area contributed by atoms with E-state index < -0.39 is 0 Å². The van der Waals surface area contributed by atoms with Crippen molar-refractivity contribution in [3.63, 3.8) is 0 Å². The van der Waals surface area contributed by atoms with Crippen molar-refractivity contribution < 1.29 is 9.53 Å². The molecule has 2 aromatic rings. The molecule has 1 fully saturated rings. The molecule has 1 saturated carbocycles. The Morgan fingerprint density at radius 3 is 2.79 bits per heavy atom. The molecule has 24 heavy (non-hydrogen) atoms. The van der Waals surface area contributed by atoms with Crippen molar-refractivity contribution in [3.05, 3.63) is 42.5 Å². The Morgan fingerprint density at radius 1 is 1.17 bits per heavy atom. The number of benzene rings is 2. The minimum absolute atomic E-state index is 0. The molecule has 0 radical (unpaired) electrons. The van der Waals surface area contributed by atoms with Crippen LogP contribution in [-0.4, -0.2) is 25.1 Å². The van der Waals surface area contributed by atoms with Gasteiger partial charge in [0.1, 0.15) is 12.4 Å². The molecule has 2 atom stereocenters. The Balaban J connectivity index is 0.00000208. The van der Waals surface area contributed by atoms with Crippen LogP contribution < -0.4 is 15.8 Å². The highest BCUT2D eigenvalue weighted by atomic mass is 35.5. The molecule has 0 spiro atoms. The van der Waals surface area contributed by atoms with Crippen molar-refractivity contribution in [3.8, 4) is 5.75 Å². The SMILES string of the molecule is Cl.NC1CCCC(C(=O)NCCOc2cccc3ccccc23)C1. The molecule has 5 heteroatoms. The number of halogens is 1. The number of rotatable bonds is 5. The highest BCUT2D eigenvalue weighted by Crippen LogP contribution is 2.25. The minimum atomic E-state index is 0. The van der Waals surface area contributed by atoms with Gasteiger partial charge in [-0.2, -0.15) is 0 Å². The lowest BCUT2D eigenvalue weighted by Crippen LogP contribution is -2.39. The van der Waals surface area contributed by atoms with E-state index in [4.69, 9.17) is 10.5 Å². The Bertz CT molecular complexity index is 672.